The van der Waals surface area contributed by atoms with E-state index < -0.39 is 5.97 Å². The molecule has 0 aromatic heterocycles. The lowest BCUT2D eigenvalue weighted by molar-refractivity contribution is -0.143. The third kappa shape index (κ3) is 3.81. The molecule has 0 unspecified atom stereocenters. The van der Waals surface area contributed by atoms with Crippen LogP contribution in [0.1, 0.15) is 30.1 Å². The van der Waals surface area contributed by atoms with E-state index in [0.29, 0.717) is 37.2 Å². The SMILES string of the molecule is CC(=O)c1cccc(NC(=O)N2CCC(C(=O)O)CC2)c1. The van der Waals surface area contributed by atoms with Crippen LogP contribution in [0.15, 0.2) is 24.3 Å². The van der Waals surface area contributed by atoms with Gasteiger partial charge in [-0.1, -0.05) is 12.1 Å². The number of ketones is 1. The first-order valence-electron chi connectivity index (χ1n) is 6.87. The van der Waals surface area contributed by atoms with E-state index in [9.17, 15) is 14.4 Å². The second-order valence-corrected chi connectivity index (χ2v) is 5.17. The summed E-state index contributed by atoms with van der Waals surface area (Å²) in [6.45, 7) is 2.32. The molecule has 1 aliphatic rings. The van der Waals surface area contributed by atoms with Crippen LogP contribution in [0, 0.1) is 5.92 Å². The van der Waals surface area contributed by atoms with Crippen molar-refractivity contribution in [2.75, 3.05) is 18.4 Å². The smallest absolute Gasteiger partial charge is 0.321 e. The number of amides is 2. The fourth-order valence-corrected chi connectivity index (χ4v) is 2.35. The van der Waals surface area contributed by atoms with Crippen LogP contribution in [0.4, 0.5) is 10.5 Å². The predicted molar refractivity (Wildman–Crippen MR) is 77.4 cm³/mol. The minimum atomic E-state index is -0.802. The number of nitrogens with zero attached hydrogens (tertiary/aromatic N) is 1. The first kappa shape index (κ1) is 15.0. The van der Waals surface area contributed by atoms with Gasteiger partial charge in [-0.2, -0.15) is 0 Å². The van der Waals surface area contributed by atoms with E-state index in [4.69, 9.17) is 5.11 Å². The quantitative estimate of drug-likeness (QED) is 0.836. The van der Waals surface area contributed by atoms with Gasteiger partial charge in [0.2, 0.25) is 0 Å². The summed E-state index contributed by atoms with van der Waals surface area (Å²) in [6, 6.07) is 6.48. The van der Waals surface area contributed by atoms with Crippen molar-refractivity contribution in [3.8, 4) is 0 Å². The number of anilines is 1. The Balaban J connectivity index is 1.95. The number of urea groups is 1. The summed E-state index contributed by atoms with van der Waals surface area (Å²) < 4.78 is 0. The molecule has 1 aromatic rings. The van der Waals surface area contributed by atoms with Crippen molar-refractivity contribution in [2.24, 2.45) is 5.92 Å². The second-order valence-electron chi connectivity index (χ2n) is 5.17. The summed E-state index contributed by atoms with van der Waals surface area (Å²) >= 11 is 0. The van der Waals surface area contributed by atoms with Crippen LogP contribution in [0.2, 0.25) is 0 Å². The van der Waals surface area contributed by atoms with E-state index in [1.807, 2.05) is 0 Å². The highest BCUT2D eigenvalue weighted by Crippen LogP contribution is 2.19. The highest BCUT2D eigenvalue weighted by Gasteiger charge is 2.26. The lowest BCUT2D eigenvalue weighted by Gasteiger charge is -2.30. The maximum absolute atomic E-state index is 12.1. The van der Waals surface area contributed by atoms with Crippen LogP contribution in [-0.2, 0) is 4.79 Å². The zero-order valence-corrected chi connectivity index (χ0v) is 11.8. The molecule has 0 saturated carbocycles. The number of hydrogen-bond donors (Lipinski definition) is 2. The van der Waals surface area contributed by atoms with Crippen molar-refractivity contribution in [1.29, 1.82) is 0 Å². The van der Waals surface area contributed by atoms with Crippen molar-refractivity contribution >= 4 is 23.5 Å². The number of carbonyl (C=O) groups excluding carboxylic acids is 2. The van der Waals surface area contributed by atoms with Gasteiger partial charge in [0.05, 0.1) is 5.92 Å². The Bertz CT molecular complexity index is 563. The lowest BCUT2D eigenvalue weighted by atomic mass is 9.97. The number of carboxylic acid groups (broad SMARTS) is 1. The number of aliphatic carboxylic acids is 1. The molecule has 21 heavy (non-hydrogen) atoms. The summed E-state index contributed by atoms with van der Waals surface area (Å²) in [7, 11) is 0. The number of likely N-dealkylation sites (tertiary alicyclic amines) is 1. The lowest BCUT2D eigenvalue weighted by Crippen LogP contribution is -2.42. The fourth-order valence-electron chi connectivity index (χ4n) is 2.35. The number of carboxylic acids is 1. The minimum absolute atomic E-state index is 0.0617. The largest absolute Gasteiger partial charge is 0.481 e. The molecule has 1 aliphatic heterocycles. The Kier molecular flexibility index (Phi) is 4.57. The van der Waals surface area contributed by atoms with Gasteiger partial charge in [0.1, 0.15) is 0 Å². The monoisotopic (exact) mass is 290 g/mol. The first-order chi connectivity index (χ1) is 9.97. The van der Waals surface area contributed by atoms with Crippen LogP contribution in [-0.4, -0.2) is 40.9 Å². The van der Waals surface area contributed by atoms with Gasteiger partial charge in [0.25, 0.3) is 0 Å². The molecule has 0 radical (unpaired) electrons. The summed E-state index contributed by atoms with van der Waals surface area (Å²) in [6.07, 6.45) is 0.937. The first-order valence-corrected chi connectivity index (χ1v) is 6.87. The van der Waals surface area contributed by atoms with E-state index in [-0.39, 0.29) is 17.7 Å². The Hall–Kier alpha value is -2.37. The predicted octanol–water partition coefficient (Wildman–Crippen LogP) is 2.22. The fraction of sp³-hybridized carbons (Fsp3) is 0.400. The second kappa shape index (κ2) is 6.39. The average Bonchev–Trinajstić information content (AvgIpc) is 2.47. The van der Waals surface area contributed by atoms with Crippen molar-refractivity contribution in [1.82, 2.24) is 4.90 Å². The van der Waals surface area contributed by atoms with Crippen molar-refractivity contribution in [3.63, 3.8) is 0 Å². The number of carbonyl (C=O) groups is 3. The molecule has 112 valence electrons. The van der Waals surface area contributed by atoms with Crippen molar-refractivity contribution < 1.29 is 19.5 Å². The number of rotatable bonds is 3. The zero-order chi connectivity index (χ0) is 15.4. The molecule has 0 atom stereocenters. The minimum Gasteiger partial charge on any atom is -0.481 e. The van der Waals surface area contributed by atoms with Crippen molar-refractivity contribution in [3.05, 3.63) is 29.8 Å². The molecule has 1 heterocycles. The molecule has 1 aromatic carbocycles. The van der Waals surface area contributed by atoms with Crippen molar-refractivity contribution in [2.45, 2.75) is 19.8 Å². The number of piperidine rings is 1. The van der Waals surface area contributed by atoms with Crippen LogP contribution in [0.5, 0.6) is 0 Å². The molecule has 0 spiro atoms. The van der Waals surface area contributed by atoms with E-state index >= 15 is 0 Å². The number of Topliss-reactive ketones (excluding diaryl/α,β-unsaturated/α-hetero) is 1. The maximum atomic E-state index is 12.1. The maximum Gasteiger partial charge on any atom is 0.321 e. The molecule has 1 fully saturated rings. The summed E-state index contributed by atoms with van der Waals surface area (Å²) in [5, 5.41) is 11.7. The molecule has 2 amide bonds. The molecule has 0 aliphatic carbocycles. The standard InChI is InChI=1S/C15H18N2O4/c1-10(18)12-3-2-4-13(9-12)16-15(21)17-7-5-11(6-8-17)14(19)20/h2-4,9,11H,5-8H2,1H3,(H,16,21)(H,19,20). The van der Waals surface area contributed by atoms with Gasteiger partial charge in [-0.05, 0) is 31.9 Å². The topological polar surface area (TPSA) is 86.7 Å². The highest BCUT2D eigenvalue weighted by atomic mass is 16.4. The van der Waals surface area contributed by atoms with E-state index in [1.165, 1.54) is 6.92 Å². The molecule has 0 bridgehead atoms. The van der Waals surface area contributed by atoms with E-state index in [0.717, 1.165) is 0 Å². The molecule has 2 N–H and O–H groups in total. The van der Waals surface area contributed by atoms with Crippen LogP contribution in [0.3, 0.4) is 0 Å². The number of hydrogen-bond acceptors (Lipinski definition) is 3. The van der Waals surface area contributed by atoms with Gasteiger partial charge in [-0.15, -0.1) is 0 Å². The average molecular weight is 290 g/mol. The third-order valence-electron chi connectivity index (χ3n) is 3.65. The van der Waals surface area contributed by atoms with E-state index in [2.05, 4.69) is 5.32 Å². The molecular weight excluding hydrogens is 272 g/mol. The summed E-state index contributed by atoms with van der Waals surface area (Å²) in [5.41, 5.74) is 1.10. The number of nitrogens with one attached hydrogen (secondary N) is 1. The van der Waals surface area contributed by atoms with Gasteiger partial charge in [0, 0.05) is 24.3 Å². The van der Waals surface area contributed by atoms with E-state index in [1.54, 1.807) is 29.2 Å². The Morgan fingerprint density at radius 2 is 1.90 bits per heavy atom. The van der Waals surface area contributed by atoms with Gasteiger partial charge < -0.3 is 15.3 Å². The Morgan fingerprint density at radius 3 is 2.48 bits per heavy atom. The van der Waals surface area contributed by atoms with Crippen LogP contribution in [0.25, 0.3) is 0 Å². The van der Waals surface area contributed by atoms with Crippen LogP contribution < -0.4 is 5.32 Å². The summed E-state index contributed by atoms with van der Waals surface area (Å²) in [5.74, 6) is -1.23. The Morgan fingerprint density at radius 1 is 1.24 bits per heavy atom. The Labute approximate surface area is 122 Å². The number of benzene rings is 1. The highest BCUT2D eigenvalue weighted by molar-refractivity contribution is 5.96. The van der Waals surface area contributed by atoms with Gasteiger partial charge in [0.15, 0.2) is 5.78 Å². The zero-order valence-electron chi connectivity index (χ0n) is 11.8. The molecule has 1 saturated heterocycles. The van der Waals surface area contributed by atoms with Crippen LogP contribution >= 0.6 is 0 Å². The van der Waals surface area contributed by atoms with Gasteiger partial charge >= 0.3 is 12.0 Å². The van der Waals surface area contributed by atoms with Gasteiger partial charge in [-0.25, -0.2) is 4.79 Å². The molecule has 2 rings (SSSR count). The third-order valence-corrected chi connectivity index (χ3v) is 3.65. The summed E-state index contributed by atoms with van der Waals surface area (Å²) in [4.78, 5) is 35.9. The normalized spacial score (nSPS) is 15.6. The molecule has 6 heteroatoms. The molecule has 6 nitrogen and oxygen atoms in total. The molecular formula is C15H18N2O4. The van der Waals surface area contributed by atoms with Gasteiger partial charge in [-0.3, -0.25) is 9.59 Å².